The second-order valence-electron chi connectivity index (χ2n) is 7.68. The molecule has 1 atom stereocenters. The maximum Gasteiger partial charge on any atom is 0.251 e. The highest BCUT2D eigenvalue weighted by Crippen LogP contribution is 2.20. The molecule has 1 aliphatic rings. The molecule has 0 bridgehead atoms. The molecule has 2 aromatic carbocycles. The van der Waals surface area contributed by atoms with E-state index in [9.17, 15) is 9.59 Å². The standard InChI is InChI=1S/C23H25N3O3/c1-15-21(16(2)29-25-15)14-26-12-11-20(9-10-22(26)27)24-23(28)19-8-7-17-5-3-4-6-18(17)13-19/h3-8,13,20H,9-12,14H2,1-2H3,(H,24,28). The summed E-state index contributed by atoms with van der Waals surface area (Å²) in [5.74, 6) is 0.764. The molecule has 1 unspecified atom stereocenters. The summed E-state index contributed by atoms with van der Waals surface area (Å²) in [6, 6.07) is 13.7. The molecule has 4 rings (SSSR count). The van der Waals surface area contributed by atoms with Crippen molar-refractivity contribution in [3.8, 4) is 0 Å². The fourth-order valence-corrected chi connectivity index (χ4v) is 3.87. The molecule has 6 nitrogen and oxygen atoms in total. The average molecular weight is 391 g/mol. The molecule has 0 radical (unpaired) electrons. The molecule has 0 spiro atoms. The highest BCUT2D eigenvalue weighted by Gasteiger charge is 2.25. The number of hydrogen-bond donors (Lipinski definition) is 1. The first-order chi connectivity index (χ1) is 14.0. The molecular weight excluding hydrogens is 366 g/mol. The van der Waals surface area contributed by atoms with Gasteiger partial charge in [-0.3, -0.25) is 9.59 Å². The van der Waals surface area contributed by atoms with Crippen LogP contribution in [0.1, 0.15) is 46.6 Å². The van der Waals surface area contributed by atoms with E-state index in [-0.39, 0.29) is 17.9 Å². The van der Waals surface area contributed by atoms with Crippen molar-refractivity contribution < 1.29 is 14.1 Å². The number of aromatic nitrogens is 1. The molecule has 1 fully saturated rings. The van der Waals surface area contributed by atoms with Crippen molar-refractivity contribution in [2.24, 2.45) is 0 Å². The molecule has 6 heteroatoms. The van der Waals surface area contributed by atoms with E-state index in [1.54, 1.807) is 0 Å². The highest BCUT2D eigenvalue weighted by atomic mass is 16.5. The van der Waals surface area contributed by atoms with E-state index in [4.69, 9.17) is 4.52 Å². The zero-order valence-electron chi connectivity index (χ0n) is 16.8. The number of nitrogens with one attached hydrogen (secondary N) is 1. The summed E-state index contributed by atoms with van der Waals surface area (Å²) in [6.45, 7) is 4.86. The first-order valence-electron chi connectivity index (χ1n) is 10.0. The monoisotopic (exact) mass is 391 g/mol. The van der Waals surface area contributed by atoms with E-state index in [1.165, 1.54) is 0 Å². The summed E-state index contributed by atoms with van der Waals surface area (Å²) < 4.78 is 5.21. The van der Waals surface area contributed by atoms with Gasteiger partial charge in [0.15, 0.2) is 0 Å². The maximum atomic E-state index is 12.7. The van der Waals surface area contributed by atoms with Gasteiger partial charge in [-0.25, -0.2) is 0 Å². The van der Waals surface area contributed by atoms with Gasteiger partial charge in [-0.2, -0.15) is 0 Å². The summed E-state index contributed by atoms with van der Waals surface area (Å²) >= 11 is 0. The maximum absolute atomic E-state index is 12.7. The van der Waals surface area contributed by atoms with Crippen molar-refractivity contribution >= 4 is 22.6 Å². The average Bonchev–Trinajstić information content (AvgIpc) is 2.94. The molecule has 1 saturated heterocycles. The summed E-state index contributed by atoms with van der Waals surface area (Å²) in [5.41, 5.74) is 2.43. The molecule has 150 valence electrons. The lowest BCUT2D eigenvalue weighted by atomic mass is 10.1. The van der Waals surface area contributed by atoms with Gasteiger partial charge in [0.05, 0.1) is 12.2 Å². The fourth-order valence-electron chi connectivity index (χ4n) is 3.87. The smallest absolute Gasteiger partial charge is 0.251 e. The lowest BCUT2D eigenvalue weighted by molar-refractivity contribution is -0.131. The number of fused-ring (bicyclic) bond motifs is 1. The first-order valence-corrected chi connectivity index (χ1v) is 10.0. The van der Waals surface area contributed by atoms with Gasteiger partial charge in [-0.15, -0.1) is 0 Å². The second-order valence-corrected chi connectivity index (χ2v) is 7.68. The lowest BCUT2D eigenvalue weighted by Gasteiger charge is -2.21. The van der Waals surface area contributed by atoms with Crippen LogP contribution < -0.4 is 5.32 Å². The fraction of sp³-hybridized carbons (Fsp3) is 0.348. The van der Waals surface area contributed by atoms with Crippen molar-refractivity contribution in [3.05, 3.63) is 65.0 Å². The Balaban J connectivity index is 1.41. The van der Waals surface area contributed by atoms with Gasteiger partial charge in [-0.05, 0) is 49.6 Å². The number of amides is 2. The van der Waals surface area contributed by atoms with Crippen LogP contribution in [-0.2, 0) is 11.3 Å². The molecule has 0 aliphatic carbocycles. The lowest BCUT2D eigenvalue weighted by Crippen LogP contribution is -2.36. The normalized spacial score (nSPS) is 17.4. The number of carbonyl (C=O) groups is 2. The molecule has 2 amide bonds. The number of rotatable bonds is 4. The summed E-state index contributed by atoms with van der Waals surface area (Å²) in [6.07, 6.45) is 1.80. The van der Waals surface area contributed by atoms with Gasteiger partial charge in [0.25, 0.3) is 5.91 Å². The van der Waals surface area contributed by atoms with Gasteiger partial charge in [-0.1, -0.05) is 35.5 Å². The first kappa shape index (κ1) is 19.2. The van der Waals surface area contributed by atoms with Crippen molar-refractivity contribution in [2.75, 3.05) is 6.54 Å². The number of nitrogens with zero attached hydrogens (tertiary/aromatic N) is 2. The number of aryl methyl sites for hydroxylation is 2. The number of carbonyl (C=O) groups excluding carboxylic acids is 2. The Kier molecular flexibility index (Phi) is 5.34. The third-order valence-electron chi connectivity index (χ3n) is 5.68. The van der Waals surface area contributed by atoms with Crippen LogP contribution in [0.3, 0.4) is 0 Å². The third kappa shape index (κ3) is 4.16. The Hall–Kier alpha value is -3.15. The largest absolute Gasteiger partial charge is 0.361 e. The van der Waals surface area contributed by atoms with Crippen molar-refractivity contribution in [2.45, 2.75) is 45.7 Å². The predicted molar refractivity (Wildman–Crippen MR) is 110 cm³/mol. The Morgan fingerprint density at radius 3 is 2.72 bits per heavy atom. The summed E-state index contributed by atoms with van der Waals surface area (Å²) in [7, 11) is 0. The van der Waals surface area contributed by atoms with E-state index >= 15 is 0 Å². The van der Waals surface area contributed by atoms with E-state index in [1.807, 2.05) is 61.2 Å². The van der Waals surface area contributed by atoms with Crippen LogP contribution in [0.15, 0.2) is 47.0 Å². The number of likely N-dealkylation sites (tertiary alicyclic amines) is 1. The molecule has 1 aromatic heterocycles. The van der Waals surface area contributed by atoms with Crippen LogP contribution in [0.5, 0.6) is 0 Å². The molecule has 3 aromatic rings. The SMILES string of the molecule is Cc1noc(C)c1CN1CCC(NC(=O)c2ccc3ccccc3c2)CCC1=O. The van der Waals surface area contributed by atoms with Gasteiger partial charge in [0.2, 0.25) is 5.91 Å². The van der Waals surface area contributed by atoms with E-state index < -0.39 is 0 Å². The number of hydrogen-bond acceptors (Lipinski definition) is 4. The minimum absolute atomic E-state index is 0.0208. The van der Waals surface area contributed by atoms with Crippen LogP contribution in [0, 0.1) is 13.8 Å². The van der Waals surface area contributed by atoms with Gasteiger partial charge in [0, 0.05) is 30.1 Å². The van der Waals surface area contributed by atoms with Crippen LogP contribution in [0.25, 0.3) is 10.8 Å². The predicted octanol–water partition coefficient (Wildman–Crippen LogP) is 3.76. The Morgan fingerprint density at radius 2 is 1.97 bits per heavy atom. The zero-order valence-corrected chi connectivity index (χ0v) is 16.8. The van der Waals surface area contributed by atoms with E-state index in [0.717, 1.165) is 34.2 Å². The van der Waals surface area contributed by atoms with Gasteiger partial charge >= 0.3 is 0 Å². The molecule has 0 saturated carbocycles. The van der Waals surface area contributed by atoms with Gasteiger partial charge in [0.1, 0.15) is 5.76 Å². The Labute approximate surface area is 169 Å². The highest BCUT2D eigenvalue weighted by molar-refractivity contribution is 5.98. The summed E-state index contributed by atoms with van der Waals surface area (Å²) in [4.78, 5) is 27.2. The number of benzene rings is 2. The van der Waals surface area contributed by atoms with E-state index in [0.29, 0.717) is 31.5 Å². The van der Waals surface area contributed by atoms with Crippen LogP contribution in [0.2, 0.25) is 0 Å². The van der Waals surface area contributed by atoms with Crippen LogP contribution in [0.4, 0.5) is 0 Å². The van der Waals surface area contributed by atoms with Crippen molar-refractivity contribution in [1.29, 1.82) is 0 Å². The molecule has 1 N–H and O–H groups in total. The quantitative estimate of drug-likeness (QED) is 0.735. The topological polar surface area (TPSA) is 75.4 Å². The van der Waals surface area contributed by atoms with Gasteiger partial charge < -0.3 is 14.7 Å². The molecular formula is C23H25N3O3. The van der Waals surface area contributed by atoms with Crippen molar-refractivity contribution in [3.63, 3.8) is 0 Å². The van der Waals surface area contributed by atoms with E-state index in [2.05, 4.69) is 10.5 Å². The molecule has 29 heavy (non-hydrogen) atoms. The second kappa shape index (κ2) is 8.07. The van der Waals surface area contributed by atoms with Crippen LogP contribution >= 0.6 is 0 Å². The minimum atomic E-state index is -0.0904. The molecule has 2 heterocycles. The Morgan fingerprint density at radius 1 is 1.17 bits per heavy atom. The molecule has 1 aliphatic heterocycles. The summed E-state index contributed by atoms with van der Waals surface area (Å²) in [5, 5.41) is 9.24. The zero-order chi connectivity index (χ0) is 20.4. The van der Waals surface area contributed by atoms with Crippen LogP contribution in [-0.4, -0.2) is 34.5 Å². The third-order valence-corrected chi connectivity index (χ3v) is 5.68. The minimum Gasteiger partial charge on any atom is -0.361 e. The van der Waals surface area contributed by atoms with Crippen molar-refractivity contribution in [1.82, 2.24) is 15.4 Å². The Bertz CT molecular complexity index is 1040.